The van der Waals surface area contributed by atoms with Gasteiger partial charge < -0.3 is 10.6 Å². The van der Waals surface area contributed by atoms with Crippen LogP contribution < -0.4 is 10.6 Å². The molecule has 0 radical (unpaired) electrons. The lowest BCUT2D eigenvalue weighted by Gasteiger charge is -2.27. The summed E-state index contributed by atoms with van der Waals surface area (Å²) in [5.74, 6) is 1.81. The quantitative estimate of drug-likeness (QED) is 0.828. The molecule has 2 aliphatic rings. The molecule has 1 aromatic carbocycles. The Morgan fingerprint density at radius 1 is 1.11 bits per heavy atom. The van der Waals surface area contributed by atoms with Crippen LogP contribution in [0.3, 0.4) is 0 Å². The van der Waals surface area contributed by atoms with Crippen molar-refractivity contribution in [3.05, 3.63) is 28.8 Å². The van der Waals surface area contributed by atoms with E-state index in [9.17, 15) is 0 Å². The second-order valence-electron chi connectivity index (χ2n) is 6.10. The first-order valence-electron chi connectivity index (χ1n) is 7.49. The molecule has 1 aromatic rings. The third-order valence-electron chi connectivity index (χ3n) is 4.15. The van der Waals surface area contributed by atoms with Crippen LogP contribution in [0.4, 0.5) is 5.69 Å². The van der Waals surface area contributed by atoms with E-state index in [1.807, 2.05) is 6.07 Å². The fraction of sp³-hybridized carbons (Fsp3) is 0.625. The Morgan fingerprint density at radius 2 is 1.74 bits per heavy atom. The molecule has 2 fully saturated rings. The summed E-state index contributed by atoms with van der Waals surface area (Å²) in [7, 11) is 0. The molecule has 2 saturated carbocycles. The Labute approximate surface area is 120 Å². The Balaban J connectivity index is 1.82. The molecule has 0 aromatic heterocycles. The molecule has 3 rings (SSSR count). The van der Waals surface area contributed by atoms with Crippen molar-refractivity contribution < 1.29 is 0 Å². The van der Waals surface area contributed by atoms with Gasteiger partial charge in [-0.05, 0) is 68.2 Å². The highest BCUT2D eigenvalue weighted by atomic mass is 35.5. The van der Waals surface area contributed by atoms with Gasteiger partial charge in [-0.2, -0.15) is 0 Å². The molecule has 2 nitrogen and oxygen atoms in total. The molecule has 0 aliphatic heterocycles. The summed E-state index contributed by atoms with van der Waals surface area (Å²) in [5.41, 5.74) is 8.43. The van der Waals surface area contributed by atoms with Crippen molar-refractivity contribution in [3.63, 3.8) is 0 Å². The Morgan fingerprint density at radius 3 is 2.26 bits per heavy atom. The summed E-state index contributed by atoms with van der Waals surface area (Å²) in [5, 5.41) is 0.840. The summed E-state index contributed by atoms with van der Waals surface area (Å²) in [6.45, 7) is 3.11. The first-order valence-corrected chi connectivity index (χ1v) is 7.87. The number of anilines is 1. The van der Waals surface area contributed by atoms with Crippen molar-refractivity contribution in [2.24, 2.45) is 17.6 Å². The number of halogens is 1. The third-order valence-corrected chi connectivity index (χ3v) is 4.39. The van der Waals surface area contributed by atoms with Crippen LogP contribution in [0.5, 0.6) is 0 Å². The van der Waals surface area contributed by atoms with Crippen molar-refractivity contribution in [1.82, 2.24) is 0 Å². The van der Waals surface area contributed by atoms with E-state index in [1.165, 1.54) is 50.0 Å². The molecular weight excluding hydrogens is 256 g/mol. The van der Waals surface area contributed by atoms with E-state index in [1.54, 1.807) is 0 Å². The minimum Gasteiger partial charge on any atom is -0.371 e. The van der Waals surface area contributed by atoms with Crippen LogP contribution in [0.25, 0.3) is 0 Å². The summed E-state index contributed by atoms with van der Waals surface area (Å²) >= 11 is 6.21. The maximum atomic E-state index is 6.21. The van der Waals surface area contributed by atoms with Gasteiger partial charge in [-0.1, -0.05) is 17.7 Å². The molecule has 0 heterocycles. The van der Waals surface area contributed by atoms with Gasteiger partial charge in [-0.15, -0.1) is 0 Å². The summed E-state index contributed by atoms with van der Waals surface area (Å²) in [6, 6.07) is 6.27. The topological polar surface area (TPSA) is 29.3 Å². The zero-order valence-corrected chi connectivity index (χ0v) is 12.2. The second kappa shape index (κ2) is 5.72. The summed E-state index contributed by atoms with van der Waals surface area (Å²) < 4.78 is 0. The van der Waals surface area contributed by atoms with E-state index >= 15 is 0 Å². The number of nitrogens with zero attached hydrogens (tertiary/aromatic N) is 1. The van der Waals surface area contributed by atoms with Crippen LogP contribution in [0.2, 0.25) is 5.02 Å². The maximum absolute atomic E-state index is 6.21. The summed E-state index contributed by atoms with van der Waals surface area (Å²) in [6.07, 6.45) is 6.53. The van der Waals surface area contributed by atoms with Gasteiger partial charge in [0.25, 0.3) is 0 Å². The predicted octanol–water partition coefficient (Wildman–Crippen LogP) is 3.47. The van der Waals surface area contributed by atoms with Gasteiger partial charge in [0.05, 0.1) is 0 Å². The minimum atomic E-state index is 0.704. The fourth-order valence-corrected chi connectivity index (χ4v) is 2.86. The van der Waals surface area contributed by atoms with Crippen LogP contribution in [0.1, 0.15) is 31.2 Å². The molecule has 0 unspecified atom stereocenters. The van der Waals surface area contributed by atoms with Crippen LogP contribution in [0.15, 0.2) is 18.2 Å². The first-order chi connectivity index (χ1) is 9.26. The average molecular weight is 279 g/mol. The van der Waals surface area contributed by atoms with Crippen molar-refractivity contribution in [2.45, 2.75) is 32.1 Å². The van der Waals surface area contributed by atoms with Crippen LogP contribution in [0, 0.1) is 11.8 Å². The summed E-state index contributed by atoms with van der Waals surface area (Å²) in [4.78, 5) is 2.58. The van der Waals surface area contributed by atoms with E-state index in [2.05, 4.69) is 17.0 Å². The molecule has 0 amide bonds. The van der Waals surface area contributed by atoms with Crippen molar-refractivity contribution in [3.8, 4) is 0 Å². The van der Waals surface area contributed by atoms with Crippen LogP contribution >= 0.6 is 11.6 Å². The standard InChI is InChI=1S/C16H23ClN2/c17-15-6-5-14(7-8-18)16(9-15)19(10-12-1-2-12)11-13-3-4-13/h5-6,9,12-13H,1-4,7-8,10-11,18H2. The average Bonchev–Trinajstić information content (AvgIpc) is 3.26. The Kier molecular flexibility index (Phi) is 3.99. The normalized spacial score (nSPS) is 18.6. The van der Waals surface area contributed by atoms with Gasteiger partial charge in [0, 0.05) is 23.8 Å². The molecular formula is C16H23ClN2. The number of hydrogen-bond donors (Lipinski definition) is 1. The van der Waals surface area contributed by atoms with Crippen molar-refractivity contribution >= 4 is 17.3 Å². The molecule has 2 N–H and O–H groups in total. The van der Waals surface area contributed by atoms with Gasteiger partial charge in [-0.25, -0.2) is 0 Å². The van der Waals surface area contributed by atoms with Gasteiger partial charge in [-0.3, -0.25) is 0 Å². The monoisotopic (exact) mass is 278 g/mol. The van der Waals surface area contributed by atoms with E-state index in [-0.39, 0.29) is 0 Å². The lowest BCUT2D eigenvalue weighted by atomic mass is 10.1. The van der Waals surface area contributed by atoms with E-state index in [0.717, 1.165) is 23.3 Å². The molecule has 2 aliphatic carbocycles. The third kappa shape index (κ3) is 3.64. The van der Waals surface area contributed by atoms with Crippen LogP contribution in [-0.4, -0.2) is 19.6 Å². The zero-order valence-electron chi connectivity index (χ0n) is 11.4. The Bertz CT molecular complexity index is 424. The lowest BCUT2D eigenvalue weighted by Crippen LogP contribution is -2.29. The first kappa shape index (κ1) is 13.3. The minimum absolute atomic E-state index is 0.704. The molecule has 0 bridgehead atoms. The highest BCUT2D eigenvalue weighted by Crippen LogP contribution is 2.37. The molecule has 104 valence electrons. The largest absolute Gasteiger partial charge is 0.371 e. The van der Waals surface area contributed by atoms with Gasteiger partial charge >= 0.3 is 0 Å². The van der Waals surface area contributed by atoms with Gasteiger partial charge in [0.1, 0.15) is 0 Å². The highest BCUT2D eigenvalue weighted by Gasteiger charge is 2.30. The number of rotatable bonds is 7. The lowest BCUT2D eigenvalue weighted by molar-refractivity contribution is 0.676. The highest BCUT2D eigenvalue weighted by molar-refractivity contribution is 6.30. The smallest absolute Gasteiger partial charge is 0.0426 e. The van der Waals surface area contributed by atoms with E-state index in [4.69, 9.17) is 17.3 Å². The Hall–Kier alpha value is -0.730. The fourth-order valence-electron chi connectivity index (χ4n) is 2.69. The second-order valence-corrected chi connectivity index (χ2v) is 6.54. The predicted molar refractivity (Wildman–Crippen MR) is 81.9 cm³/mol. The maximum Gasteiger partial charge on any atom is 0.0426 e. The van der Waals surface area contributed by atoms with Gasteiger partial charge in [0.15, 0.2) is 0 Å². The SMILES string of the molecule is NCCc1ccc(Cl)cc1N(CC1CC1)CC1CC1. The molecule has 0 saturated heterocycles. The number of hydrogen-bond acceptors (Lipinski definition) is 2. The molecule has 3 heteroatoms. The molecule has 0 atom stereocenters. The van der Waals surface area contributed by atoms with E-state index < -0.39 is 0 Å². The number of nitrogens with two attached hydrogens (primary N) is 1. The van der Waals surface area contributed by atoms with Gasteiger partial charge in [0.2, 0.25) is 0 Å². The zero-order chi connectivity index (χ0) is 13.2. The van der Waals surface area contributed by atoms with E-state index in [0.29, 0.717) is 6.54 Å². The van der Waals surface area contributed by atoms with Crippen molar-refractivity contribution in [2.75, 3.05) is 24.5 Å². The number of benzene rings is 1. The molecule has 19 heavy (non-hydrogen) atoms. The molecule has 0 spiro atoms. The van der Waals surface area contributed by atoms with Crippen molar-refractivity contribution in [1.29, 1.82) is 0 Å². The van der Waals surface area contributed by atoms with Crippen LogP contribution in [-0.2, 0) is 6.42 Å².